The average Bonchev–Trinajstić information content (AvgIpc) is 2.93. The van der Waals surface area contributed by atoms with Crippen LogP contribution in [-0.2, 0) is 4.79 Å². The summed E-state index contributed by atoms with van der Waals surface area (Å²) in [6.07, 6.45) is 10.1. The van der Waals surface area contributed by atoms with E-state index in [2.05, 4.69) is 22.5 Å². The average molecular weight is 351 g/mol. The monoisotopic (exact) mass is 351 g/mol. The van der Waals surface area contributed by atoms with Crippen molar-refractivity contribution in [3.05, 3.63) is 30.1 Å². The molecule has 0 spiro atoms. The van der Waals surface area contributed by atoms with Gasteiger partial charge in [-0.05, 0) is 30.8 Å². The third-order valence-electron chi connectivity index (χ3n) is 3.53. The fraction of sp³-hybridized carbons (Fsp3) is 0.500. The Kier molecular flexibility index (Phi) is 9.55. The minimum absolute atomic E-state index is 0.0329. The Balaban J connectivity index is 0.000000254. The van der Waals surface area contributed by atoms with Crippen molar-refractivity contribution in [1.82, 2.24) is 21.0 Å². The van der Waals surface area contributed by atoms with E-state index in [1.165, 1.54) is 38.1 Å². The van der Waals surface area contributed by atoms with E-state index < -0.39 is 0 Å². The molecular formula is C16H25N5O2S. The Labute approximate surface area is 147 Å². The van der Waals surface area contributed by atoms with Crippen molar-refractivity contribution in [3.63, 3.8) is 0 Å². The summed E-state index contributed by atoms with van der Waals surface area (Å²) in [6.45, 7) is 2.20. The summed E-state index contributed by atoms with van der Waals surface area (Å²) < 4.78 is 0. The second kappa shape index (κ2) is 11.5. The van der Waals surface area contributed by atoms with Crippen molar-refractivity contribution < 1.29 is 9.59 Å². The zero-order chi connectivity index (χ0) is 17.8. The van der Waals surface area contributed by atoms with Crippen LogP contribution in [0.5, 0.6) is 0 Å². The van der Waals surface area contributed by atoms with E-state index in [1.807, 2.05) is 5.43 Å². The summed E-state index contributed by atoms with van der Waals surface area (Å²) in [4.78, 5) is 25.7. The third kappa shape index (κ3) is 7.47. The molecule has 0 radical (unpaired) electrons. The smallest absolute Gasteiger partial charge is 0.265 e. The van der Waals surface area contributed by atoms with E-state index in [4.69, 9.17) is 18.1 Å². The quantitative estimate of drug-likeness (QED) is 0.194. The van der Waals surface area contributed by atoms with Crippen molar-refractivity contribution >= 4 is 29.1 Å². The molecule has 1 aromatic rings. The molecule has 0 aromatic carbocycles. The lowest BCUT2D eigenvalue weighted by atomic mass is 10.1. The molecule has 2 amide bonds. The molecular weight excluding hydrogens is 326 g/mol. The van der Waals surface area contributed by atoms with Crippen LogP contribution in [0.1, 0.15) is 55.8 Å². The molecule has 5 N–H and O–H groups in total. The van der Waals surface area contributed by atoms with Gasteiger partial charge < -0.3 is 10.6 Å². The van der Waals surface area contributed by atoms with Crippen LogP contribution < -0.4 is 21.9 Å². The predicted molar refractivity (Wildman–Crippen MR) is 96.9 cm³/mol. The first-order valence-corrected chi connectivity index (χ1v) is 8.51. The Morgan fingerprint density at radius 3 is 2.50 bits per heavy atom. The maximum Gasteiger partial charge on any atom is 0.265 e. The van der Waals surface area contributed by atoms with E-state index in [9.17, 15) is 9.59 Å². The van der Waals surface area contributed by atoms with Crippen LogP contribution in [0, 0.1) is 0 Å². The van der Waals surface area contributed by atoms with Crippen LogP contribution in [0.25, 0.3) is 0 Å². The zero-order valence-electron chi connectivity index (χ0n) is 13.9. The molecule has 1 fully saturated rings. The van der Waals surface area contributed by atoms with E-state index in [0.29, 0.717) is 10.7 Å². The Hall–Kier alpha value is -2.06. The van der Waals surface area contributed by atoms with Gasteiger partial charge in [0.05, 0.1) is 0 Å². The number of thiocarbonyl (C=S) groups is 1. The number of pyridine rings is 1. The van der Waals surface area contributed by atoms with Crippen molar-refractivity contribution in [2.75, 3.05) is 0 Å². The van der Waals surface area contributed by atoms with Gasteiger partial charge in [-0.2, -0.15) is 0 Å². The molecule has 1 unspecified atom stereocenters. The highest BCUT2D eigenvalue weighted by Gasteiger charge is 2.25. The second-order valence-electron chi connectivity index (χ2n) is 5.43. The van der Waals surface area contributed by atoms with Gasteiger partial charge >= 0.3 is 0 Å². The first-order valence-electron chi connectivity index (χ1n) is 8.10. The number of aromatic nitrogens is 1. The molecule has 1 saturated heterocycles. The number of hydrogen-bond donors (Lipinski definition) is 4. The maximum absolute atomic E-state index is 11.2. The van der Waals surface area contributed by atoms with E-state index >= 15 is 0 Å². The molecule has 2 rings (SSSR count). The lowest BCUT2D eigenvalue weighted by Crippen LogP contribution is -2.29. The lowest BCUT2D eigenvalue weighted by Gasteiger charge is -2.06. The second-order valence-corrected chi connectivity index (χ2v) is 5.84. The van der Waals surface area contributed by atoms with Crippen LogP contribution in [0.4, 0.5) is 0 Å². The van der Waals surface area contributed by atoms with Gasteiger partial charge in [-0.25, -0.2) is 5.84 Å². The standard InChI is InChI=1S/C10H18N2OS.C6H7N3O/c1-2-3-4-5-6-7-8-9(13)12-10(14)11-8;7-9-6(10)5-1-3-8-4-2-5/h8H,2-7H2,1H3,(H2,11,12,13,14);1-4H,7H2,(H,9,10). The van der Waals surface area contributed by atoms with Gasteiger partial charge in [-0.1, -0.05) is 39.0 Å². The Morgan fingerprint density at radius 1 is 1.29 bits per heavy atom. The van der Waals surface area contributed by atoms with Crippen LogP contribution in [0.15, 0.2) is 24.5 Å². The number of nitrogen functional groups attached to an aromatic ring is 1. The largest absolute Gasteiger partial charge is 0.351 e. The normalized spacial score (nSPS) is 15.8. The summed E-state index contributed by atoms with van der Waals surface area (Å²) in [6, 6.07) is 3.09. The van der Waals surface area contributed by atoms with Gasteiger partial charge in [0.15, 0.2) is 5.11 Å². The number of hydrogen-bond acceptors (Lipinski definition) is 5. The molecule has 7 nitrogen and oxygen atoms in total. The fourth-order valence-corrected chi connectivity index (χ4v) is 2.44. The van der Waals surface area contributed by atoms with Crippen molar-refractivity contribution in [2.24, 2.45) is 5.84 Å². The van der Waals surface area contributed by atoms with Gasteiger partial charge in [0.2, 0.25) is 5.91 Å². The summed E-state index contributed by atoms with van der Waals surface area (Å²) >= 11 is 4.85. The van der Waals surface area contributed by atoms with Gasteiger partial charge in [0, 0.05) is 18.0 Å². The Morgan fingerprint density at radius 2 is 1.96 bits per heavy atom. The summed E-state index contributed by atoms with van der Waals surface area (Å²) in [5.41, 5.74) is 2.53. The fourth-order valence-electron chi connectivity index (χ4n) is 2.20. The molecule has 0 saturated carbocycles. The molecule has 0 aliphatic carbocycles. The molecule has 1 aliphatic heterocycles. The molecule has 0 bridgehead atoms. The lowest BCUT2D eigenvalue weighted by molar-refractivity contribution is -0.120. The summed E-state index contributed by atoms with van der Waals surface area (Å²) in [5, 5.41) is 6.05. The van der Waals surface area contributed by atoms with Crippen LogP contribution >= 0.6 is 12.2 Å². The molecule has 132 valence electrons. The van der Waals surface area contributed by atoms with Gasteiger partial charge in [-0.15, -0.1) is 0 Å². The van der Waals surface area contributed by atoms with E-state index in [-0.39, 0.29) is 17.9 Å². The van der Waals surface area contributed by atoms with Gasteiger partial charge in [0.1, 0.15) is 6.04 Å². The minimum atomic E-state index is -0.303. The highest BCUT2D eigenvalue weighted by molar-refractivity contribution is 7.80. The molecule has 8 heteroatoms. The number of hydrazine groups is 1. The Bertz CT molecular complexity index is 539. The highest BCUT2D eigenvalue weighted by Crippen LogP contribution is 2.09. The molecule has 1 aliphatic rings. The first kappa shape index (κ1) is 20.0. The maximum atomic E-state index is 11.2. The minimum Gasteiger partial charge on any atom is -0.351 e. The van der Waals surface area contributed by atoms with Crippen LogP contribution in [-0.4, -0.2) is 28.0 Å². The topological polar surface area (TPSA) is 109 Å². The number of rotatable bonds is 7. The number of unbranched alkanes of at least 4 members (excludes halogenated alkanes) is 4. The van der Waals surface area contributed by atoms with E-state index in [1.54, 1.807) is 12.1 Å². The van der Waals surface area contributed by atoms with Crippen molar-refractivity contribution in [2.45, 2.75) is 51.5 Å². The number of carbonyl (C=O) groups is 2. The number of carbonyl (C=O) groups excluding carboxylic acids is 2. The number of nitrogens with two attached hydrogens (primary N) is 1. The number of nitrogens with one attached hydrogen (secondary N) is 3. The molecule has 2 heterocycles. The first-order chi connectivity index (χ1) is 11.6. The summed E-state index contributed by atoms with van der Waals surface area (Å²) in [7, 11) is 0. The molecule has 1 aromatic heterocycles. The van der Waals surface area contributed by atoms with Crippen molar-refractivity contribution in [3.8, 4) is 0 Å². The molecule has 24 heavy (non-hydrogen) atoms. The third-order valence-corrected chi connectivity index (χ3v) is 3.75. The van der Waals surface area contributed by atoms with Gasteiger partial charge in [-0.3, -0.25) is 20.0 Å². The van der Waals surface area contributed by atoms with E-state index in [0.717, 1.165) is 12.8 Å². The predicted octanol–water partition coefficient (Wildman–Crippen LogP) is 1.40. The zero-order valence-corrected chi connectivity index (χ0v) is 14.7. The van der Waals surface area contributed by atoms with Crippen molar-refractivity contribution in [1.29, 1.82) is 0 Å². The molecule has 1 atom stereocenters. The SMILES string of the molecule is CCCCCCCC1NC(=S)NC1=O.NNC(=O)c1ccncc1. The highest BCUT2D eigenvalue weighted by atomic mass is 32.1. The summed E-state index contributed by atoms with van der Waals surface area (Å²) in [5.74, 6) is 4.61. The van der Waals surface area contributed by atoms with Crippen LogP contribution in [0.3, 0.4) is 0 Å². The number of nitrogens with zero attached hydrogens (tertiary/aromatic N) is 1. The van der Waals surface area contributed by atoms with Crippen LogP contribution in [0.2, 0.25) is 0 Å². The number of amides is 2. The van der Waals surface area contributed by atoms with Gasteiger partial charge in [0.25, 0.3) is 5.91 Å².